The average molecular weight is 1790 g/mol. The Hall–Kier alpha value is -16.7. The van der Waals surface area contributed by atoms with E-state index in [-0.39, 0.29) is 0 Å². The third-order valence-corrected chi connectivity index (χ3v) is 34.4. The Bertz CT molecular complexity index is 8090. The van der Waals surface area contributed by atoms with E-state index < -0.39 is 0 Å². The van der Waals surface area contributed by atoms with E-state index in [1.165, 1.54) is 330 Å². The number of nitrogens with zero attached hydrogens (tertiary/aromatic N) is 8. The summed E-state index contributed by atoms with van der Waals surface area (Å²) in [4.78, 5) is 29.1. The van der Waals surface area contributed by atoms with Crippen LogP contribution in [0.2, 0.25) is 0 Å². The molecule has 8 heteroatoms. The van der Waals surface area contributed by atoms with E-state index in [0.717, 1.165) is 109 Å². The Labute approximate surface area is 812 Å². The van der Waals surface area contributed by atoms with Gasteiger partial charge in [-0.05, 0) is 367 Å². The number of hydrogen-bond acceptors (Lipinski definition) is 8. The molecule has 0 radical (unpaired) electrons. The molecule has 0 saturated heterocycles. The van der Waals surface area contributed by atoms with E-state index in [1.54, 1.807) is 0 Å². The maximum Gasteiger partial charge on any atom is 0.141 e. The Morgan fingerprint density at radius 1 is 0.157 bits per heavy atom. The van der Waals surface area contributed by atoms with Crippen molar-refractivity contribution in [1.82, 2.24) is 19.9 Å². The van der Waals surface area contributed by atoms with E-state index in [1.807, 2.05) is 24.8 Å². The van der Waals surface area contributed by atoms with E-state index in [0.29, 0.717) is 0 Å². The number of hydrogen-bond donors (Lipinski definition) is 0. The van der Waals surface area contributed by atoms with Gasteiger partial charge in [-0.25, -0.2) is 4.98 Å². The van der Waals surface area contributed by atoms with E-state index in [2.05, 4.69) is 345 Å². The van der Waals surface area contributed by atoms with Crippen LogP contribution in [0, 0.1) is 0 Å². The lowest BCUT2D eigenvalue weighted by Gasteiger charge is -2.41. The number of rotatable bonds is 0. The molecular formula is C132H88N8. The molecule has 0 fully saturated rings. The van der Waals surface area contributed by atoms with Gasteiger partial charge >= 0.3 is 0 Å². The molecule has 656 valence electrons. The molecule has 0 bridgehead atoms. The summed E-state index contributed by atoms with van der Waals surface area (Å²) in [5, 5.41) is 0. The fourth-order valence-corrected chi connectivity index (χ4v) is 28.9. The van der Waals surface area contributed by atoms with Crippen molar-refractivity contribution in [2.24, 2.45) is 0 Å². The number of benzene rings is 16. The largest absolute Gasteiger partial charge is 0.309 e. The summed E-state index contributed by atoms with van der Waals surface area (Å²) >= 11 is 0. The van der Waals surface area contributed by atoms with Gasteiger partial charge in [-0.15, -0.1) is 0 Å². The van der Waals surface area contributed by atoms with E-state index in [4.69, 9.17) is 9.97 Å². The summed E-state index contributed by atoms with van der Waals surface area (Å²) in [6.45, 7) is 0. The molecular weight excluding hydrogens is 1700 g/mol. The van der Waals surface area contributed by atoms with E-state index >= 15 is 0 Å². The highest BCUT2D eigenvalue weighted by atomic mass is 15.2. The van der Waals surface area contributed by atoms with Crippen molar-refractivity contribution in [2.45, 2.75) is 103 Å². The first kappa shape index (κ1) is 76.5. The van der Waals surface area contributed by atoms with Crippen LogP contribution < -0.4 is 19.6 Å². The fraction of sp³-hybridized carbons (Fsp3) is 0.121. The lowest BCUT2D eigenvalue weighted by molar-refractivity contribution is 0.961. The molecule has 0 saturated carbocycles. The van der Waals surface area contributed by atoms with Crippen LogP contribution in [0.3, 0.4) is 0 Å². The smallest absolute Gasteiger partial charge is 0.141 e. The summed E-state index contributed by atoms with van der Waals surface area (Å²) < 4.78 is 0. The molecule has 8 nitrogen and oxygen atoms in total. The summed E-state index contributed by atoms with van der Waals surface area (Å²) in [6.07, 6.45) is 28.0. The zero-order valence-corrected chi connectivity index (χ0v) is 77.2. The number of aromatic nitrogens is 4. The Balaban J connectivity index is 0.0000000829. The molecule has 4 aromatic heterocycles. The highest BCUT2D eigenvalue weighted by Gasteiger charge is 2.46. The Kier molecular flexibility index (Phi) is 15.6. The third kappa shape index (κ3) is 10.6. The minimum atomic E-state index is 0.901. The van der Waals surface area contributed by atoms with Crippen molar-refractivity contribution in [3.8, 4) is 89.0 Å². The van der Waals surface area contributed by atoms with Gasteiger partial charge in [0.1, 0.15) is 5.82 Å². The van der Waals surface area contributed by atoms with Gasteiger partial charge in [-0.1, -0.05) is 249 Å². The maximum atomic E-state index is 4.94. The zero-order chi connectivity index (χ0) is 90.7. The lowest BCUT2D eigenvalue weighted by Crippen LogP contribution is -2.27. The normalized spacial score (nSPS) is 14.9. The minimum absolute atomic E-state index is 0.901. The Morgan fingerprint density at radius 3 is 0.879 bits per heavy atom. The van der Waals surface area contributed by atoms with Crippen LogP contribution in [0.1, 0.15) is 178 Å². The van der Waals surface area contributed by atoms with Crippen molar-refractivity contribution in [1.29, 1.82) is 0 Å². The number of fused-ring (bicyclic) bond motifs is 48. The van der Waals surface area contributed by atoms with Crippen molar-refractivity contribution in [2.75, 3.05) is 19.6 Å². The second-order valence-corrected chi connectivity index (χ2v) is 41.3. The second-order valence-electron chi connectivity index (χ2n) is 41.3. The second kappa shape index (κ2) is 28.5. The van der Waals surface area contributed by atoms with Gasteiger partial charge in [-0.3, -0.25) is 19.9 Å². The lowest BCUT2D eigenvalue weighted by atomic mass is 9.81. The molecule has 8 aliphatic carbocycles. The quantitative estimate of drug-likeness (QED) is 0.149. The van der Waals surface area contributed by atoms with Crippen LogP contribution >= 0.6 is 0 Å². The van der Waals surface area contributed by atoms with Gasteiger partial charge in [0.15, 0.2) is 0 Å². The monoisotopic (exact) mass is 1780 g/mol. The van der Waals surface area contributed by atoms with Crippen LogP contribution in [-0.4, -0.2) is 19.9 Å². The van der Waals surface area contributed by atoms with Crippen LogP contribution in [0.5, 0.6) is 0 Å². The predicted molar refractivity (Wildman–Crippen MR) is 564 cm³/mol. The van der Waals surface area contributed by atoms with Crippen molar-refractivity contribution < 1.29 is 0 Å². The predicted octanol–water partition coefficient (Wildman–Crippen LogP) is 30.0. The van der Waals surface area contributed by atoms with Crippen molar-refractivity contribution >= 4 is 68.4 Å². The van der Waals surface area contributed by atoms with Crippen LogP contribution in [0.15, 0.2) is 340 Å². The maximum absolute atomic E-state index is 4.94. The summed E-state index contributed by atoms with van der Waals surface area (Å²) in [6, 6.07) is 114. The minimum Gasteiger partial charge on any atom is -0.309 e. The molecule has 20 aromatic rings. The first-order valence-electron chi connectivity index (χ1n) is 50.3. The molecule has 16 aromatic carbocycles. The summed E-state index contributed by atoms with van der Waals surface area (Å²) in [5.74, 6) is 1.10. The van der Waals surface area contributed by atoms with Gasteiger partial charge in [0.25, 0.3) is 0 Å². The zero-order valence-electron chi connectivity index (χ0n) is 77.2. The van der Waals surface area contributed by atoms with Gasteiger partial charge in [0.05, 0.1) is 74.5 Å². The van der Waals surface area contributed by atoms with Crippen LogP contribution in [-0.2, 0) is 103 Å². The van der Waals surface area contributed by atoms with Gasteiger partial charge < -0.3 is 14.7 Å². The fourth-order valence-electron chi connectivity index (χ4n) is 28.9. The van der Waals surface area contributed by atoms with Crippen molar-refractivity contribution in [3.63, 3.8) is 0 Å². The molecule has 8 aliphatic heterocycles. The standard InChI is InChI=1S/4C33H22N2/c1-3-9-24-20(7-1)16-27-26(24)11-12-30-28(27)18-23-15-22-14-19-6-2-4-10-25(19)31(22)29-17-21-8-5-13-34-33(21)35(30)32(23)29;1-3-8-23-20(7-1)16-26-25(23)11-12-30-27(26)17-22-15-21-14-19-6-2-4-9-24(19)32(21)28-18-29-31(10-5-13-34-29)35(30)33(22)28;1-3-7-24-20(6-1)15-27-26(24)9-10-31-28(27)16-22-14-21-13-19-5-2-4-8-25(19)32(21)29-17-23-18-34-12-11-30(23)35(31)33(22)29;1-3-7-24-20(6-1)15-27-26(24)9-10-30-28(27)17-23-14-22-13-19-5-2-4-8-25(19)32(22)29-16-21-11-12-34-18-31(21)35(30)33(23)29/h2*1-13,15H,14,16-18H2;2*1-12,14,18H,13,15-17H2. The van der Waals surface area contributed by atoms with Gasteiger partial charge in [0.2, 0.25) is 0 Å². The highest BCUT2D eigenvalue weighted by molar-refractivity contribution is 6.04. The molecule has 0 spiro atoms. The first-order valence-corrected chi connectivity index (χ1v) is 50.3. The molecule has 12 heterocycles. The molecule has 0 N–H and O–H groups in total. The molecule has 0 unspecified atom stereocenters. The van der Waals surface area contributed by atoms with Crippen LogP contribution in [0.25, 0.3) is 89.0 Å². The van der Waals surface area contributed by atoms with Gasteiger partial charge in [0, 0.05) is 82.4 Å². The average Bonchev–Trinajstić information content (AvgIpc) is 1.45. The molecule has 0 atom stereocenters. The van der Waals surface area contributed by atoms with Crippen molar-refractivity contribution in [3.05, 3.63) is 519 Å². The Morgan fingerprint density at radius 2 is 0.457 bits per heavy atom. The molecule has 16 aliphatic rings. The summed E-state index contributed by atoms with van der Waals surface area (Å²) in [7, 11) is 0. The van der Waals surface area contributed by atoms with E-state index in [9.17, 15) is 0 Å². The number of anilines is 12. The highest BCUT2D eigenvalue weighted by Crippen LogP contribution is 2.64. The topological polar surface area (TPSA) is 64.5 Å². The summed E-state index contributed by atoms with van der Waals surface area (Å²) in [5.41, 5.74) is 84.1. The van der Waals surface area contributed by atoms with Crippen LogP contribution in [0.4, 0.5) is 68.4 Å². The third-order valence-electron chi connectivity index (χ3n) is 34.4. The SMILES string of the molecule is c1ccc2c(c1)Cc1c-2ccc2c1Cc1cc3c(c4c1N2c1cccnc1C4)-c1ccccc1C3.c1ccc2c(c1)Cc1c-2ccc2c1Cc1cc3c(c4c1N2c1ccncc1C4)-c1ccccc1C3.c1ccc2c(c1)Cc1c-2ccc2c1Cc1cc3c(c4c1N2c1cnccc1C4)-c1ccccc1C3.c1ccc2c(c1)Cc1c-2ccc2c1Cc1cc3c(c4c1N2c1ncccc1C4)-c1ccccc1C3. The van der Waals surface area contributed by atoms with Gasteiger partial charge in [-0.2, -0.15) is 0 Å². The number of pyridine rings is 4. The molecule has 0 amide bonds. The first-order chi connectivity index (χ1) is 69.4. The molecule has 140 heavy (non-hydrogen) atoms. The molecule has 36 rings (SSSR count).